The number of nitrogens with two attached hydrogens (primary N) is 1. The number of aliphatic hydroxyl groups is 1. The van der Waals surface area contributed by atoms with Crippen LogP contribution in [0.5, 0.6) is 0 Å². The third-order valence-electron chi connectivity index (χ3n) is 14.9. The molecule has 1 aromatic rings. The maximum atomic E-state index is 13.6. The Morgan fingerprint density at radius 3 is 2.17 bits per heavy atom. The van der Waals surface area contributed by atoms with E-state index in [9.17, 15) is 38.7 Å². The lowest BCUT2D eigenvalue weighted by Crippen LogP contribution is -2.54. The van der Waals surface area contributed by atoms with Crippen LogP contribution in [0.25, 0.3) is 0 Å². The Kier molecular flexibility index (Phi) is 26.3. The predicted molar refractivity (Wildman–Crippen MR) is 293 cm³/mol. The van der Waals surface area contributed by atoms with Crippen LogP contribution in [0.15, 0.2) is 60.2 Å². The molecule has 8 N–H and O–H groups in total. The van der Waals surface area contributed by atoms with Crippen LogP contribution < -0.4 is 32.3 Å². The summed E-state index contributed by atoms with van der Waals surface area (Å²) in [6, 6.07) is 4.96. The Bertz CT molecular complexity index is 2140. The van der Waals surface area contributed by atoms with Gasteiger partial charge in [-0.15, -0.1) is 0 Å². The molecule has 0 saturated carbocycles. The van der Waals surface area contributed by atoms with E-state index in [2.05, 4.69) is 79.4 Å². The molecule has 18 heteroatoms. The molecule has 0 radical (unpaired) electrons. The molecule has 2 fully saturated rings. The number of nitrogens with zero attached hydrogens (tertiary/aromatic N) is 1. The van der Waals surface area contributed by atoms with Gasteiger partial charge in [-0.1, -0.05) is 84.2 Å². The highest BCUT2D eigenvalue weighted by Crippen LogP contribution is 2.47. The lowest BCUT2D eigenvalue weighted by molar-refractivity contribution is -0.137. The number of urea groups is 1. The number of aliphatic hydroxyl groups excluding tert-OH is 1. The maximum Gasteiger partial charge on any atom is 0.312 e. The summed E-state index contributed by atoms with van der Waals surface area (Å²) in [5.41, 5.74) is 7.81. The van der Waals surface area contributed by atoms with Gasteiger partial charge in [0.25, 0.3) is 11.8 Å². The number of carbonyl (C=O) groups is 7. The van der Waals surface area contributed by atoms with Crippen LogP contribution in [0.4, 0.5) is 10.5 Å². The number of imide groups is 1. The summed E-state index contributed by atoms with van der Waals surface area (Å²) in [6.45, 7) is 17.1. The minimum absolute atomic E-state index is 0.0107. The number of carbonyl (C=O) groups excluding carboxylic acids is 7. The van der Waals surface area contributed by atoms with E-state index in [-0.39, 0.29) is 91.4 Å². The van der Waals surface area contributed by atoms with Crippen molar-refractivity contribution in [3.05, 3.63) is 65.8 Å². The molecule has 11 atom stereocenters. The summed E-state index contributed by atoms with van der Waals surface area (Å²) in [5.74, 6) is -1.46. The fourth-order valence-corrected chi connectivity index (χ4v) is 10.5. The van der Waals surface area contributed by atoms with E-state index in [0.29, 0.717) is 56.2 Å². The molecule has 3 aliphatic heterocycles. The second kappa shape index (κ2) is 31.7. The Morgan fingerprint density at radius 2 is 1.53 bits per heavy atom. The minimum atomic E-state index is -0.972. The molecule has 0 unspecified atom stereocenters. The second-order valence-electron chi connectivity index (χ2n) is 22.0. The number of allylic oxidation sites excluding steroid dienone is 3. The second-order valence-corrected chi connectivity index (χ2v) is 22.0. The first-order chi connectivity index (χ1) is 36.1. The molecule has 4 rings (SSSR count). The van der Waals surface area contributed by atoms with Crippen molar-refractivity contribution in [2.45, 2.75) is 200 Å². The average Bonchev–Trinajstić information content (AvgIpc) is 3.93. The number of aryl methyl sites for hydroxylation is 1. The van der Waals surface area contributed by atoms with Gasteiger partial charge in [0.2, 0.25) is 23.6 Å². The highest BCUT2D eigenvalue weighted by atomic mass is 16.6. The molecule has 3 aliphatic rings. The first-order valence-electron chi connectivity index (χ1n) is 27.8. The van der Waals surface area contributed by atoms with Crippen LogP contribution in [0.2, 0.25) is 0 Å². The molecular weight excluding hydrogens is 971 g/mol. The summed E-state index contributed by atoms with van der Waals surface area (Å²) in [7, 11) is 1.63. The van der Waals surface area contributed by atoms with Gasteiger partial charge in [-0.2, -0.15) is 0 Å². The van der Waals surface area contributed by atoms with E-state index in [1.807, 2.05) is 24.3 Å². The summed E-state index contributed by atoms with van der Waals surface area (Å²) in [4.78, 5) is 88.9. The van der Waals surface area contributed by atoms with Crippen LogP contribution in [0.1, 0.15) is 151 Å². The normalized spacial score (nSPS) is 22.9. The number of nitrogens with one attached hydrogen (secondary N) is 5. The molecule has 0 aliphatic carbocycles. The van der Waals surface area contributed by atoms with E-state index < -0.39 is 36.0 Å². The number of methoxy groups -OCH3 is 1. The molecule has 0 bridgehead atoms. The Morgan fingerprint density at radius 1 is 0.868 bits per heavy atom. The summed E-state index contributed by atoms with van der Waals surface area (Å²) >= 11 is 0. The first kappa shape index (κ1) is 63.1. The Labute approximate surface area is 451 Å². The zero-order valence-electron chi connectivity index (χ0n) is 46.8. The van der Waals surface area contributed by atoms with Crippen molar-refractivity contribution in [2.75, 3.05) is 32.1 Å². The fraction of sp³-hybridized carbons (Fsp3) is 0.672. The summed E-state index contributed by atoms with van der Waals surface area (Å²) in [6.07, 6.45) is 18.2. The zero-order valence-corrected chi connectivity index (χ0v) is 46.8. The van der Waals surface area contributed by atoms with E-state index in [0.717, 1.165) is 61.8 Å². The van der Waals surface area contributed by atoms with Gasteiger partial charge in [0, 0.05) is 63.3 Å². The molecule has 76 heavy (non-hydrogen) atoms. The average molecular weight is 1060 g/mol. The molecule has 424 valence electrons. The largest absolute Gasteiger partial charge is 0.391 e. The number of hydrogen-bond donors (Lipinski definition) is 7. The number of epoxide rings is 1. The molecule has 0 spiro atoms. The van der Waals surface area contributed by atoms with Crippen molar-refractivity contribution < 1.29 is 52.9 Å². The molecule has 8 amide bonds. The number of ether oxygens (including phenoxy) is 3. The number of unbranched alkanes of at least 4 members (excludes halogenated alkanes) is 5. The molecule has 2 saturated heterocycles. The van der Waals surface area contributed by atoms with Crippen molar-refractivity contribution in [1.29, 1.82) is 0 Å². The van der Waals surface area contributed by atoms with Crippen LogP contribution in [-0.2, 0) is 49.4 Å². The van der Waals surface area contributed by atoms with Crippen LogP contribution in [0, 0.1) is 23.7 Å². The summed E-state index contributed by atoms with van der Waals surface area (Å²) in [5, 5.41) is 24.2. The topological polar surface area (TPSA) is 260 Å². The van der Waals surface area contributed by atoms with E-state index in [1.54, 1.807) is 27.9 Å². The Balaban J connectivity index is 1.13. The standard InChI is InChI=1S/C58H91N7O11/c1-37(2)51(64-48(68)24-15-12-16-34-65-49(69)31-32-50(65)70)56(72)63-46(22-18-33-60-57(59)73)55(71)62-44-28-26-43(27-29-44)21-13-10-11-14-23-47(67)61-36-45-30-25-40(5)52(75-45)39(4)20-17-19-38(3)35-58(8)54(76-58)41(6)53(74-9)42(7)66/h17,19-20,26-29,31-32,37-38,40-42,45-46,51-54,66H,10-16,18,21-25,30,33-36H2,1-9H3,(H,61,67)(H,62,71)(H,63,72)(H,64,68)(H3,59,60,73)/b19-17+,39-20+/t38-,40+,41-,42-,45-,46+,51+,52-,53-,54-,58-/m1/s1. The third kappa shape index (κ3) is 21.2. The molecule has 3 heterocycles. The van der Waals surface area contributed by atoms with E-state index >= 15 is 0 Å². The Hall–Kier alpha value is -5.43. The number of hydrogen-bond acceptors (Lipinski definition) is 11. The quantitative estimate of drug-likeness (QED) is 0.0165. The van der Waals surface area contributed by atoms with Crippen LogP contribution in [0.3, 0.4) is 0 Å². The van der Waals surface area contributed by atoms with Gasteiger partial charge in [0.05, 0.1) is 36.1 Å². The highest BCUT2D eigenvalue weighted by molar-refractivity contribution is 6.12. The van der Waals surface area contributed by atoms with Crippen LogP contribution in [-0.4, -0.2) is 126 Å². The van der Waals surface area contributed by atoms with Crippen molar-refractivity contribution in [1.82, 2.24) is 26.2 Å². The smallest absolute Gasteiger partial charge is 0.312 e. The van der Waals surface area contributed by atoms with Gasteiger partial charge in [-0.3, -0.25) is 33.7 Å². The minimum Gasteiger partial charge on any atom is -0.391 e. The molecule has 1 aromatic carbocycles. The first-order valence-corrected chi connectivity index (χ1v) is 27.8. The van der Waals surface area contributed by atoms with E-state index in [1.165, 1.54) is 17.7 Å². The monoisotopic (exact) mass is 1060 g/mol. The third-order valence-corrected chi connectivity index (χ3v) is 14.9. The molecule has 0 aromatic heterocycles. The zero-order chi connectivity index (χ0) is 56.0. The maximum absolute atomic E-state index is 13.6. The lowest BCUT2D eigenvalue weighted by Gasteiger charge is -2.35. The molecule has 18 nitrogen and oxygen atoms in total. The highest BCUT2D eigenvalue weighted by Gasteiger charge is 2.57. The van der Waals surface area contributed by atoms with Crippen molar-refractivity contribution in [3.8, 4) is 0 Å². The van der Waals surface area contributed by atoms with Gasteiger partial charge < -0.3 is 51.6 Å². The van der Waals surface area contributed by atoms with Gasteiger partial charge in [0.1, 0.15) is 12.1 Å². The van der Waals surface area contributed by atoms with Crippen molar-refractivity contribution in [3.63, 3.8) is 0 Å². The SMILES string of the molecule is CO[C@H]([C@@H](C)[C@H]1O[C@]1(C)C[C@H](C)/C=C/C=C(\C)[C@H]1O[C@@H](CNC(=O)CCCCCCc2ccc(NC(=O)[C@H](CCCNC(N)=O)NC(=O)[C@@H](NC(=O)CCCCCN3C(=O)C=CC3=O)C(C)C)cc2)CC[C@@H]1C)[C@@H](C)O. The van der Waals surface area contributed by atoms with Gasteiger partial charge in [-0.05, 0) is 126 Å². The number of benzene rings is 1. The molecular formula is C58H91N7O11. The number of amides is 8. The van der Waals surface area contributed by atoms with Gasteiger partial charge >= 0.3 is 6.03 Å². The van der Waals surface area contributed by atoms with Crippen molar-refractivity contribution in [2.24, 2.45) is 29.4 Å². The van der Waals surface area contributed by atoms with E-state index in [4.69, 9.17) is 19.9 Å². The number of primary amides is 1. The van der Waals surface area contributed by atoms with Crippen molar-refractivity contribution >= 4 is 47.2 Å². The van der Waals surface area contributed by atoms with Gasteiger partial charge in [-0.25, -0.2) is 4.79 Å². The number of anilines is 1. The predicted octanol–water partition coefficient (Wildman–Crippen LogP) is 6.70. The number of rotatable bonds is 34. The lowest BCUT2D eigenvalue weighted by atomic mass is 9.85. The van der Waals surface area contributed by atoms with Crippen LogP contribution >= 0.6 is 0 Å². The summed E-state index contributed by atoms with van der Waals surface area (Å²) < 4.78 is 18.2. The van der Waals surface area contributed by atoms with Gasteiger partial charge in [0.15, 0.2) is 0 Å². The fourth-order valence-electron chi connectivity index (χ4n) is 10.5.